The van der Waals surface area contributed by atoms with E-state index in [4.69, 9.17) is 0 Å². The van der Waals surface area contributed by atoms with Gasteiger partial charge in [0.25, 0.3) is 0 Å². The fraction of sp³-hybridized carbons (Fsp3) is 0.818. The predicted octanol–water partition coefficient (Wildman–Crippen LogP) is 5.11. The zero-order valence-corrected chi connectivity index (χ0v) is 15.8. The van der Waals surface area contributed by atoms with E-state index in [2.05, 4.69) is 20.8 Å². The smallest absolute Gasteiger partial charge is 0.155 e. The van der Waals surface area contributed by atoms with Crippen molar-refractivity contribution >= 4 is 11.6 Å². The summed E-state index contributed by atoms with van der Waals surface area (Å²) >= 11 is 0. The van der Waals surface area contributed by atoms with Crippen LogP contribution in [-0.2, 0) is 9.59 Å². The van der Waals surface area contributed by atoms with E-state index in [-0.39, 0.29) is 16.7 Å². The maximum absolute atomic E-state index is 12.3. The normalized spacial score (nSPS) is 50.6. The van der Waals surface area contributed by atoms with E-state index in [1.807, 2.05) is 13.0 Å². The first-order valence-corrected chi connectivity index (χ1v) is 9.96. The van der Waals surface area contributed by atoms with Gasteiger partial charge in [0.1, 0.15) is 5.78 Å². The van der Waals surface area contributed by atoms with Crippen LogP contribution in [0.5, 0.6) is 0 Å². The minimum absolute atomic E-state index is 0.207. The molecule has 24 heavy (non-hydrogen) atoms. The van der Waals surface area contributed by atoms with Crippen LogP contribution >= 0.6 is 0 Å². The molecule has 0 amide bonds. The van der Waals surface area contributed by atoms with Gasteiger partial charge in [-0.2, -0.15) is 0 Å². The van der Waals surface area contributed by atoms with Crippen molar-refractivity contribution in [3.05, 3.63) is 11.6 Å². The highest BCUT2D eigenvalue weighted by Crippen LogP contribution is 2.71. The highest BCUT2D eigenvalue weighted by atomic mass is 16.1. The molecule has 132 valence electrons. The van der Waals surface area contributed by atoms with E-state index >= 15 is 0 Å². The number of hydrogen-bond acceptors (Lipinski definition) is 2. The van der Waals surface area contributed by atoms with Crippen LogP contribution in [0.15, 0.2) is 11.6 Å². The molecule has 0 saturated heterocycles. The average Bonchev–Trinajstić information content (AvgIpc) is 2.87. The summed E-state index contributed by atoms with van der Waals surface area (Å²) in [6.45, 7) is 9.19. The first-order chi connectivity index (χ1) is 11.2. The minimum atomic E-state index is 0.207. The van der Waals surface area contributed by atoms with Gasteiger partial charge in [0, 0.05) is 12.3 Å². The number of fused-ring (bicyclic) bond motifs is 5. The summed E-state index contributed by atoms with van der Waals surface area (Å²) in [5.41, 5.74) is 2.20. The molecule has 0 aliphatic heterocycles. The zero-order chi connectivity index (χ0) is 17.3. The molecule has 2 nitrogen and oxygen atoms in total. The largest absolute Gasteiger partial charge is 0.300 e. The Kier molecular flexibility index (Phi) is 3.48. The molecule has 0 aromatic heterocycles. The highest BCUT2D eigenvalue weighted by molar-refractivity contribution is 5.91. The van der Waals surface area contributed by atoms with Crippen molar-refractivity contribution in [2.75, 3.05) is 0 Å². The lowest BCUT2D eigenvalue weighted by Crippen LogP contribution is -2.56. The van der Waals surface area contributed by atoms with Crippen molar-refractivity contribution in [3.63, 3.8) is 0 Å². The van der Waals surface area contributed by atoms with Crippen LogP contribution in [0.4, 0.5) is 0 Å². The van der Waals surface area contributed by atoms with Crippen molar-refractivity contribution in [1.29, 1.82) is 0 Å². The van der Waals surface area contributed by atoms with E-state index in [0.717, 1.165) is 25.7 Å². The lowest BCUT2D eigenvalue weighted by Gasteiger charge is -2.63. The van der Waals surface area contributed by atoms with Gasteiger partial charge in [-0.05, 0) is 86.0 Å². The van der Waals surface area contributed by atoms with Gasteiger partial charge < -0.3 is 0 Å². The molecular formula is C22H32O2. The molecular weight excluding hydrogens is 296 g/mol. The van der Waals surface area contributed by atoms with Crippen molar-refractivity contribution in [1.82, 2.24) is 0 Å². The minimum Gasteiger partial charge on any atom is -0.300 e. The van der Waals surface area contributed by atoms with Crippen molar-refractivity contribution in [3.8, 4) is 0 Å². The Hall–Kier alpha value is -0.920. The number of rotatable bonds is 1. The zero-order valence-electron chi connectivity index (χ0n) is 15.8. The second kappa shape index (κ2) is 5.05. The molecule has 0 bridgehead atoms. The number of carbonyl (C=O) groups excluding carboxylic acids is 2. The summed E-state index contributed by atoms with van der Waals surface area (Å²) in [6.07, 6.45) is 10.8. The fourth-order valence-corrected chi connectivity index (χ4v) is 7.89. The molecule has 0 spiro atoms. The van der Waals surface area contributed by atoms with Crippen LogP contribution in [0.25, 0.3) is 0 Å². The topological polar surface area (TPSA) is 34.1 Å². The third-order valence-corrected chi connectivity index (χ3v) is 9.05. The van der Waals surface area contributed by atoms with Crippen molar-refractivity contribution in [2.45, 2.75) is 79.1 Å². The van der Waals surface area contributed by atoms with Gasteiger partial charge in [0.05, 0.1) is 0 Å². The fourth-order valence-electron chi connectivity index (χ4n) is 7.89. The van der Waals surface area contributed by atoms with Gasteiger partial charge >= 0.3 is 0 Å². The Bertz CT molecular complexity index is 632. The molecule has 0 N–H and O–H groups in total. The maximum Gasteiger partial charge on any atom is 0.155 e. The Labute approximate surface area is 146 Å². The maximum atomic E-state index is 12.3. The summed E-state index contributed by atoms with van der Waals surface area (Å²) in [7, 11) is 0. The van der Waals surface area contributed by atoms with Crippen molar-refractivity contribution in [2.24, 2.45) is 34.0 Å². The molecule has 2 heteroatoms. The number of ketones is 2. The second-order valence-electron chi connectivity index (χ2n) is 9.95. The molecule has 0 aromatic carbocycles. The van der Waals surface area contributed by atoms with Crippen LogP contribution in [0.1, 0.15) is 79.1 Å². The molecule has 3 fully saturated rings. The predicted molar refractivity (Wildman–Crippen MR) is 95.5 cm³/mol. The third kappa shape index (κ3) is 1.95. The van der Waals surface area contributed by atoms with Gasteiger partial charge in [0.2, 0.25) is 0 Å². The van der Waals surface area contributed by atoms with E-state index in [0.29, 0.717) is 28.8 Å². The number of carbonyl (C=O) groups is 2. The first-order valence-electron chi connectivity index (χ1n) is 9.96. The van der Waals surface area contributed by atoms with Gasteiger partial charge in [-0.3, -0.25) is 9.59 Å². The Morgan fingerprint density at radius 3 is 2.42 bits per heavy atom. The summed E-state index contributed by atoms with van der Waals surface area (Å²) in [5.74, 6) is 2.38. The van der Waals surface area contributed by atoms with Crippen LogP contribution < -0.4 is 0 Å². The monoisotopic (exact) mass is 328 g/mol. The molecule has 6 atom stereocenters. The Morgan fingerprint density at radius 1 is 0.958 bits per heavy atom. The van der Waals surface area contributed by atoms with Crippen LogP contribution in [-0.4, -0.2) is 11.6 Å². The number of hydrogen-bond donors (Lipinski definition) is 0. The quantitative estimate of drug-likeness (QED) is 0.670. The Balaban J connectivity index is 1.74. The van der Waals surface area contributed by atoms with E-state index < -0.39 is 0 Å². The molecule has 4 aliphatic carbocycles. The first kappa shape index (κ1) is 16.5. The molecule has 0 aromatic rings. The van der Waals surface area contributed by atoms with Crippen LogP contribution in [0.2, 0.25) is 0 Å². The second-order valence-corrected chi connectivity index (χ2v) is 9.95. The van der Waals surface area contributed by atoms with Gasteiger partial charge in [-0.1, -0.05) is 26.3 Å². The molecule has 4 aliphatic rings. The van der Waals surface area contributed by atoms with Crippen molar-refractivity contribution < 1.29 is 9.59 Å². The molecule has 4 rings (SSSR count). The number of allylic oxidation sites excluding steroid dienone is 1. The average molecular weight is 328 g/mol. The van der Waals surface area contributed by atoms with E-state index in [9.17, 15) is 9.59 Å². The lowest BCUT2D eigenvalue weighted by molar-refractivity contribution is -0.138. The standard InChI is InChI=1S/C22H32O2/c1-14(23)17-5-6-18-21(17,3)12-9-19-20(2)11-8-16(24)13-15(20)7-10-22(18,19)4/h13,17-19H,5-12H2,1-4H3/t17-,18-,19-,20?,21-,22+/m1/s1. The number of Topliss-reactive ketones (excluding diaryl/α,β-unsaturated/α-hetero) is 1. The third-order valence-electron chi connectivity index (χ3n) is 9.05. The van der Waals surface area contributed by atoms with Gasteiger partial charge in [0.15, 0.2) is 5.78 Å². The van der Waals surface area contributed by atoms with Gasteiger partial charge in [-0.25, -0.2) is 0 Å². The van der Waals surface area contributed by atoms with Crippen LogP contribution in [0.3, 0.4) is 0 Å². The van der Waals surface area contributed by atoms with E-state index in [1.54, 1.807) is 0 Å². The highest BCUT2D eigenvalue weighted by Gasteiger charge is 2.64. The molecule has 3 saturated carbocycles. The lowest BCUT2D eigenvalue weighted by atomic mass is 9.41. The van der Waals surface area contributed by atoms with Gasteiger partial charge in [-0.15, -0.1) is 0 Å². The molecule has 1 unspecified atom stereocenters. The SMILES string of the molecule is CC(=O)[C@H]1CC[C@@H]2[C@]1(C)CC[C@@H]1C3(C)CCC(=O)C=C3CC[C@@]21C. The summed E-state index contributed by atoms with van der Waals surface area (Å²) in [6, 6.07) is 0. The van der Waals surface area contributed by atoms with Crippen LogP contribution in [0, 0.1) is 34.0 Å². The summed E-state index contributed by atoms with van der Waals surface area (Å²) < 4.78 is 0. The summed E-state index contributed by atoms with van der Waals surface area (Å²) in [5, 5.41) is 0. The van der Waals surface area contributed by atoms with E-state index in [1.165, 1.54) is 31.3 Å². The Morgan fingerprint density at radius 2 is 1.71 bits per heavy atom. The molecule has 0 radical (unpaired) electrons. The molecule has 0 heterocycles. The summed E-state index contributed by atoms with van der Waals surface area (Å²) in [4.78, 5) is 24.2.